The van der Waals surface area contributed by atoms with Crippen LogP contribution in [0.3, 0.4) is 0 Å². The van der Waals surface area contributed by atoms with E-state index < -0.39 is 12.8 Å². The minimum Gasteiger partial charge on any atom is -0.366 e. The van der Waals surface area contributed by atoms with E-state index in [9.17, 15) is 13.2 Å². The van der Waals surface area contributed by atoms with E-state index in [1.165, 1.54) is 0 Å². The lowest BCUT2D eigenvalue weighted by atomic mass is 10.2. The second-order valence-corrected chi connectivity index (χ2v) is 4.55. The van der Waals surface area contributed by atoms with Crippen LogP contribution >= 0.6 is 11.6 Å². The molecule has 3 nitrogen and oxygen atoms in total. The van der Waals surface area contributed by atoms with E-state index in [-0.39, 0.29) is 6.61 Å². The summed E-state index contributed by atoms with van der Waals surface area (Å²) in [4.78, 5) is 0. The molecule has 1 aromatic rings. The van der Waals surface area contributed by atoms with Crippen molar-refractivity contribution in [3.8, 4) is 0 Å². The summed E-state index contributed by atoms with van der Waals surface area (Å²) in [5.74, 6) is 0.384. The number of ether oxygens (including phenoxy) is 1. The van der Waals surface area contributed by atoms with Gasteiger partial charge >= 0.3 is 6.18 Å². The normalized spacial score (nSPS) is 12.4. The molecule has 1 heterocycles. The highest BCUT2D eigenvalue weighted by atomic mass is 35.5. The molecule has 0 saturated carbocycles. The van der Waals surface area contributed by atoms with E-state index in [2.05, 4.69) is 9.84 Å². The Morgan fingerprint density at radius 1 is 1.47 bits per heavy atom. The summed E-state index contributed by atoms with van der Waals surface area (Å²) in [6.07, 6.45) is -2.74. The second kappa shape index (κ2) is 5.73. The highest BCUT2D eigenvalue weighted by molar-refractivity contribution is 6.31. The predicted molar refractivity (Wildman–Crippen MR) is 57.8 cm³/mol. The third kappa shape index (κ3) is 5.41. The van der Waals surface area contributed by atoms with E-state index in [0.29, 0.717) is 23.2 Å². The fourth-order valence-corrected chi connectivity index (χ4v) is 1.47. The van der Waals surface area contributed by atoms with Gasteiger partial charge in [0.15, 0.2) is 0 Å². The first kappa shape index (κ1) is 14.3. The molecule has 0 amide bonds. The van der Waals surface area contributed by atoms with Gasteiger partial charge in [-0.05, 0) is 5.92 Å². The lowest BCUT2D eigenvalue weighted by Crippen LogP contribution is -2.17. The van der Waals surface area contributed by atoms with E-state index in [1.54, 1.807) is 10.9 Å². The Balaban J connectivity index is 2.51. The Hall–Kier alpha value is -0.750. The Bertz CT molecular complexity index is 363. The number of aromatic nitrogens is 2. The highest BCUT2D eigenvalue weighted by Gasteiger charge is 2.27. The number of nitrogens with zero attached hydrogens (tertiary/aromatic N) is 2. The molecule has 0 radical (unpaired) electrons. The second-order valence-electron chi connectivity index (χ2n) is 4.15. The molecule has 0 atom stereocenters. The highest BCUT2D eigenvalue weighted by Crippen LogP contribution is 2.19. The van der Waals surface area contributed by atoms with Crippen LogP contribution in [0.4, 0.5) is 13.2 Å². The summed E-state index contributed by atoms with van der Waals surface area (Å²) in [7, 11) is 0. The van der Waals surface area contributed by atoms with Gasteiger partial charge in [0.2, 0.25) is 0 Å². The zero-order valence-electron chi connectivity index (χ0n) is 9.59. The maximum atomic E-state index is 11.9. The van der Waals surface area contributed by atoms with Crippen LogP contribution in [-0.2, 0) is 17.9 Å². The van der Waals surface area contributed by atoms with E-state index in [1.807, 2.05) is 13.8 Å². The van der Waals surface area contributed by atoms with Crippen LogP contribution in [0.1, 0.15) is 19.5 Å². The van der Waals surface area contributed by atoms with Crippen molar-refractivity contribution >= 4 is 11.6 Å². The molecule has 0 saturated heterocycles. The quantitative estimate of drug-likeness (QED) is 0.821. The van der Waals surface area contributed by atoms with Crippen LogP contribution in [0.15, 0.2) is 6.20 Å². The Kier molecular flexibility index (Phi) is 4.82. The van der Waals surface area contributed by atoms with Gasteiger partial charge in [0.25, 0.3) is 0 Å². The molecule has 17 heavy (non-hydrogen) atoms. The smallest absolute Gasteiger partial charge is 0.366 e. The van der Waals surface area contributed by atoms with Gasteiger partial charge < -0.3 is 4.74 Å². The van der Waals surface area contributed by atoms with Crippen LogP contribution < -0.4 is 0 Å². The SMILES string of the molecule is CC(C)Cn1cc(Cl)c(COCC(F)(F)F)n1. The van der Waals surface area contributed by atoms with Crippen LogP contribution in [0.5, 0.6) is 0 Å². The summed E-state index contributed by atoms with van der Waals surface area (Å²) >= 11 is 5.83. The molecule has 0 N–H and O–H groups in total. The standard InChI is InChI=1S/C10H14ClF3N2O/c1-7(2)3-16-4-8(11)9(15-16)5-17-6-10(12,13)14/h4,7H,3,5-6H2,1-2H3. The molecular formula is C10H14ClF3N2O. The first-order valence-electron chi connectivity index (χ1n) is 5.14. The van der Waals surface area contributed by atoms with Crippen LogP contribution in [0, 0.1) is 5.92 Å². The van der Waals surface area contributed by atoms with Gasteiger partial charge in [0.05, 0.1) is 11.6 Å². The number of hydrogen-bond donors (Lipinski definition) is 0. The fraction of sp³-hybridized carbons (Fsp3) is 0.700. The van der Waals surface area contributed by atoms with Crippen molar-refractivity contribution in [2.24, 2.45) is 5.92 Å². The van der Waals surface area contributed by atoms with Crippen molar-refractivity contribution in [3.05, 3.63) is 16.9 Å². The molecule has 98 valence electrons. The zero-order valence-corrected chi connectivity index (χ0v) is 10.3. The van der Waals surface area contributed by atoms with E-state index >= 15 is 0 Å². The molecule has 0 aliphatic heterocycles. The first-order valence-corrected chi connectivity index (χ1v) is 5.52. The monoisotopic (exact) mass is 270 g/mol. The van der Waals surface area contributed by atoms with Gasteiger partial charge in [-0.15, -0.1) is 0 Å². The minimum absolute atomic E-state index is 0.233. The molecule has 1 rings (SSSR count). The molecular weight excluding hydrogens is 257 g/mol. The fourth-order valence-electron chi connectivity index (χ4n) is 1.27. The molecule has 7 heteroatoms. The van der Waals surface area contributed by atoms with Gasteiger partial charge in [0, 0.05) is 12.7 Å². The number of hydrogen-bond acceptors (Lipinski definition) is 2. The van der Waals surface area contributed by atoms with Crippen molar-refractivity contribution < 1.29 is 17.9 Å². The molecule has 0 spiro atoms. The Morgan fingerprint density at radius 3 is 2.65 bits per heavy atom. The first-order chi connectivity index (χ1) is 7.78. The lowest BCUT2D eigenvalue weighted by molar-refractivity contribution is -0.176. The summed E-state index contributed by atoms with van der Waals surface area (Å²) < 4.78 is 41.7. The van der Waals surface area contributed by atoms with Gasteiger partial charge in [-0.1, -0.05) is 25.4 Å². The van der Waals surface area contributed by atoms with Crippen molar-refractivity contribution in [3.63, 3.8) is 0 Å². The van der Waals surface area contributed by atoms with Crippen LogP contribution in [0.25, 0.3) is 0 Å². The largest absolute Gasteiger partial charge is 0.411 e. The van der Waals surface area contributed by atoms with Crippen molar-refractivity contribution in [2.45, 2.75) is 33.2 Å². The summed E-state index contributed by atoms with van der Waals surface area (Å²) in [6, 6.07) is 0. The molecule has 1 aromatic heterocycles. The Morgan fingerprint density at radius 2 is 2.12 bits per heavy atom. The van der Waals surface area contributed by atoms with Crippen molar-refractivity contribution in [2.75, 3.05) is 6.61 Å². The van der Waals surface area contributed by atoms with Crippen molar-refractivity contribution in [1.29, 1.82) is 0 Å². The van der Waals surface area contributed by atoms with E-state index in [0.717, 1.165) is 0 Å². The third-order valence-electron chi connectivity index (χ3n) is 1.84. The lowest BCUT2D eigenvalue weighted by Gasteiger charge is -2.06. The Labute approximate surface area is 103 Å². The zero-order chi connectivity index (χ0) is 13.1. The van der Waals surface area contributed by atoms with E-state index in [4.69, 9.17) is 11.6 Å². The van der Waals surface area contributed by atoms with Gasteiger partial charge in [-0.3, -0.25) is 4.68 Å². The predicted octanol–water partition coefficient (Wildman–Crippen LogP) is 3.27. The molecule has 0 aliphatic carbocycles. The van der Waals surface area contributed by atoms with Gasteiger partial charge in [-0.25, -0.2) is 0 Å². The molecule has 0 aromatic carbocycles. The average Bonchev–Trinajstić information content (AvgIpc) is 2.43. The maximum absolute atomic E-state index is 11.9. The number of rotatable bonds is 5. The van der Waals surface area contributed by atoms with Crippen LogP contribution in [-0.4, -0.2) is 22.6 Å². The molecule has 0 unspecified atom stereocenters. The topological polar surface area (TPSA) is 27.1 Å². The summed E-state index contributed by atoms with van der Waals surface area (Å²) in [6.45, 7) is 3.16. The summed E-state index contributed by atoms with van der Waals surface area (Å²) in [5, 5.41) is 4.39. The summed E-state index contributed by atoms with van der Waals surface area (Å²) in [5.41, 5.74) is 0.330. The maximum Gasteiger partial charge on any atom is 0.411 e. The molecule has 0 bridgehead atoms. The number of halogens is 4. The van der Waals surface area contributed by atoms with Crippen molar-refractivity contribution in [1.82, 2.24) is 9.78 Å². The third-order valence-corrected chi connectivity index (χ3v) is 2.16. The van der Waals surface area contributed by atoms with Crippen LogP contribution in [0.2, 0.25) is 5.02 Å². The average molecular weight is 271 g/mol. The molecule has 0 fully saturated rings. The van der Waals surface area contributed by atoms with Gasteiger partial charge in [0.1, 0.15) is 12.3 Å². The van der Waals surface area contributed by atoms with Gasteiger partial charge in [-0.2, -0.15) is 18.3 Å². The minimum atomic E-state index is -4.33. The molecule has 0 aliphatic rings. The number of alkyl halides is 3.